The number of benzene rings is 3. The van der Waals surface area contributed by atoms with E-state index in [1.807, 2.05) is 20.8 Å². The molecule has 0 aliphatic heterocycles. The van der Waals surface area contributed by atoms with Crippen molar-refractivity contribution in [2.24, 2.45) is 0 Å². The molecule has 0 spiro atoms. The summed E-state index contributed by atoms with van der Waals surface area (Å²) in [5.41, 5.74) is 0.969. The monoisotopic (exact) mass is 1570 g/mol. The van der Waals surface area contributed by atoms with Gasteiger partial charge in [-0.1, -0.05) is 108 Å². The number of aliphatic hydroxyl groups is 9. The Balaban J connectivity index is 0.000000164. The Kier molecular flexibility index (Phi) is 18.5. The quantitative estimate of drug-likeness (QED) is 0.0168. The molecular formula is C72H93F3N18O12S3. The standard InChI is InChI=1S/3C24H31FN6O4S/c3*1-3-8-36-24-27-22(26-16-10-14(16)13-5-4-12(2)15(25)9-13)19-23(28-24)31(30-29-19)17-11-18(35-7-6-32)21(34)20(17)33/h3*4-5,9,14,16-18,20-21,32-34H,3,6-8,10-11H2,1-2H3,(H,26,27,28)/t3*14-,16+,17+,18-,20-,21+/m000/s1/i6D2,7D2,10D2,14D,16D;7D2,10D2,14D,16D;6D2,10D2,14D,16D. The average Bonchev–Trinajstić information content (AvgIpc) is 1.49. The molecule has 36 heteroatoms. The van der Waals surface area contributed by atoms with Crippen molar-refractivity contribution in [2.45, 2.75) is 223 Å². The smallest absolute Gasteiger partial charge is 0.191 e. The van der Waals surface area contributed by atoms with E-state index in [9.17, 15) is 59.1 Å². The summed E-state index contributed by atoms with van der Waals surface area (Å²) >= 11 is 3.77. The Morgan fingerprint density at radius 3 is 1.09 bits per heavy atom. The molecule has 15 rings (SSSR count). The molecule has 0 bridgehead atoms. The number of fused-ring (bicyclic) bond motifs is 3. The van der Waals surface area contributed by atoms with Crippen LogP contribution in [-0.2, 0) is 14.2 Å². The van der Waals surface area contributed by atoms with Crippen molar-refractivity contribution < 1.29 is 101 Å². The van der Waals surface area contributed by atoms with Crippen molar-refractivity contribution in [3.8, 4) is 0 Å². The van der Waals surface area contributed by atoms with E-state index in [-0.39, 0.29) is 102 Å². The largest absolute Gasteiger partial charge is 0.394 e. The molecule has 6 aromatic heterocycles. The lowest BCUT2D eigenvalue weighted by Crippen LogP contribution is -2.33. The molecule has 3 aromatic carbocycles. The lowest BCUT2D eigenvalue weighted by Gasteiger charge is -2.17. The number of hydrogen-bond acceptors (Lipinski definition) is 30. The predicted molar refractivity (Wildman–Crippen MR) is 398 cm³/mol. The number of anilines is 3. The van der Waals surface area contributed by atoms with Gasteiger partial charge in [0, 0.05) is 84.6 Å². The molecule has 6 fully saturated rings. The highest BCUT2D eigenvalue weighted by atomic mass is 32.2. The highest BCUT2D eigenvalue weighted by Gasteiger charge is 2.49. The first-order valence-corrected chi connectivity index (χ1v) is 37.5. The van der Waals surface area contributed by atoms with E-state index in [1.54, 1.807) is 6.92 Å². The van der Waals surface area contributed by atoms with E-state index in [4.69, 9.17) is 41.6 Å². The maximum Gasteiger partial charge on any atom is 0.191 e. The molecule has 6 heterocycles. The number of aryl methyl sites for hydroxylation is 3. The van der Waals surface area contributed by atoms with Gasteiger partial charge in [-0.15, -0.1) is 15.3 Å². The topological polar surface area (TPSA) is 415 Å². The zero-order valence-electron chi connectivity index (χ0n) is 78.7. The van der Waals surface area contributed by atoms with Crippen LogP contribution in [0.15, 0.2) is 70.1 Å². The van der Waals surface area contributed by atoms with Gasteiger partial charge in [0.05, 0.1) is 91.0 Å². The van der Waals surface area contributed by atoms with Crippen LogP contribution < -0.4 is 16.0 Å². The van der Waals surface area contributed by atoms with Gasteiger partial charge >= 0.3 is 0 Å². The molecule has 6 aliphatic carbocycles. The third-order valence-corrected chi connectivity index (χ3v) is 21.5. The zero-order valence-corrected chi connectivity index (χ0v) is 61.2. The van der Waals surface area contributed by atoms with Gasteiger partial charge in [0.1, 0.15) is 54.1 Å². The maximum atomic E-state index is 14.4. The minimum atomic E-state index is -3.41. The molecule has 30 nitrogen and oxygen atoms in total. The molecule has 0 amide bonds. The molecule has 0 saturated heterocycles. The van der Waals surface area contributed by atoms with Crippen LogP contribution in [0.4, 0.5) is 30.6 Å². The zero-order chi connectivity index (χ0) is 94.3. The summed E-state index contributed by atoms with van der Waals surface area (Å²) in [6, 6.07) is 1.66. The Morgan fingerprint density at radius 2 is 0.796 bits per heavy atom. The van der Waals surface area contributed by atoms with E-state index < -0.39 is 185 Å². The summed E-state index contributed by atoms with van der Waals surface area (Å²) in [5.74, 6) is -7.07. The summed E-state index contributed by atoms with van der Waals surface area (Å²) in [6.07, 6.45) is -18.4. The number of nitrogens with zero attached hydrogens (tertiary/aromatic N) is 15. The van der Waals surface area contributed by atoms with Gasteiger partial charge in [-0.25, -0.2) is 57.1 Å². The number of aromatic nitrogens is 15. The molecule has 0 unspecified atom stereocenters. The van der Waals surface area contributed by atoms with Crippen LogP contribution in [0.2, 0.25) is 0 Å². The summed E-state index contributed by atoms with van der Waals surface area (Å²) in [5, 5.41) is 126. The van der Waals surface area contributed by atoms with E-state index in [0.29, 0.717) is 33.9 Å². The number of ether oxygens (including phenoxy) is 3. The van der Waals surface area contributed by atoms with E-state index >= 15 is 0 Å². The van der Waals surface area contributed by atoms with Crippen LogP contribution in [0.5, 0.6) is 0 Å². The van der Waals surface area contributed by atoms with Crippen molar-refractivity contribution in [3.05, 3.63) is 105 Å². The van der Waals surface area contributed by atoms with Gasteiger partial charge in [0.2, 0.25) is 0 Å². The fraction of sp³-hybridized carbons (Fsp3) is 0.583. The first kappa shape index (κ1) is 57.0. The van der Waals surface area contributed by atoms with Gasteiger partial charge in [-0.05, 0) is 111 Å². The first-order valence-electron chi connectivity index (χ1n) is 44.5. The molecule has 12 N–H and O–H groups in total. The van der Waals surface area contributed by atoms with E-state index in [1.165, 1.54) is 94.9 Å². The summed E-state index contributed by atoms with van der Waals surface area (Å²) < 4.78 is 227. The molecule has 0 radical (unpaired) electrons. The van der Waals surface area contributed by atoms with Gasteiger partial charge < -0.3 is 76.1 Å². The minimum absolute atomic E-state index is 0.000253. The molecule has 6 saturated carbocycles. The Hall–Kier alpha value is -7.14. The number of hydrogen-bond donors (Lipinski definition) is 12. The number of thioether (sulfide) groups is 3. The van der Waals surface area contributed by atoms with Gasteiger partial charge in [0.25, 0.3) is 0 Å². The van der Waals surface area contributed by atoms with Crippen LogP contribution >= 0.6 is 35.3 Å². The van der Waals surface area contributed by atoms with Crippen LogP contribution in [0, 0.1) is 38.2 Å². The second-order valence-electron chi connectivity index (χ2n) is 25.8. The third kappa shape index (κ3) is 17.5. The highest BCUT2D eigenvalue weighted by molar-refractivity contribution is 7.99. The van der Waals surface area contributed by atoms with Gasteiger partial charge in [0.15, 0.2) is 66.4 Å². The summed E-state index contributed by atoms with van der Waals surface area (Å²) in [4.78, 5) is 26.8. The minimum Gasteiger partial charge on any atom is -0.394 e. The van der Waals surface area contributed by atoms with Gasteiger partial charge in [-0.2, -0.15) is 0 Å². The van der Waals surface area contributed by atoms with E-state index in [0.717, 1.165) is 42.1 Å². The molecule has 6 aliphatic rings. The van der Waals surface area contributed by atoms with E-state index in [2.05, 4.69) is 76.8 Å². The second kappa shape index (κ2) is 35.1. The highest BCUT2D eigenvalue weighted by Crippen LogP contribution is 2.48. The number of rotatable bonds is 30. The first-order chi connectivity index (χ1) is 59.5. The molecular weight excluding hydrogens is 1460 g/mol. The molecule has 9 aromatic rings. The normalized spacial score (nSPS) is 36.4. The van der Waals surface area contributed by atoms with Crippen molar-refractivity contribution in [3.63, 3.8) is 0 Å². The Morgan fingerprint density at radius 1 is 0.472 bits per heavy atom. The maximum absolute atomic E-state index is 14.4. The fourth-order valence-corrected chi connectivity index (χ4v) is 14.4. The van der Waals surface area contributed by atoms with Crippen molar-refractivity contribution in [1.82, 2.24) is 74.9 Å². The van der Waals surface area contributed by atoms with Crippen molar-refractivity contribution in [2.75, 3.05) is 72.7 Å². The molecule has 18 atom stereocenters. The van der Waals surface area contributed by atoms with Crippen LogP contribution in [-0.4, -0.2) is 251 Å². The van der Waals surface area contributed by atoms with Crippen molar-refractivity contribution >= 4 is 86.2 Å². The van der Waals surface area contributed by atoms with Crippen molar-refractivity contribution in [1.29, 1.82) is 0 Å². The van der Waals surface area contributed by atoms with Crippen LogP contribution in [0.3, 0.4) is 0 Å². The average molecular weight is 1580 g/mol. The number of aliphatic hydroxyl groups excluding tert-OH is 7. The molecule has 582 valence electrons. The van der Waals surface area contributed by atoms with Gasteiger partial charge in [-0.3, -0.25) is 0 Å². The molecule has 108 heavy (non-hydrogen) atoms. The lowest BCUT2D eigenvalue weighted by molar-refractivity contribution is -0.0629. The van der Waals surface area contributed by atoms with Crippen LogP contribution in [0.25, 0.3) is 33.5 Å². The number of nitrogens with one attached hydrogen (secondary N) is 3. The summed E-state index contributed by atoms with van der Waals surface area (Å²) in [7, 11) is 0. The second-order valence-corrected chi connectivity index (χ2v) is 29.0. The fourth-order valence-electron chi connectivity index (χ4n) is 12.4. The lowest BCUT2D eigenvalue weighted by atomic mass is 10.1. The predicted octanol–water partition coefficient (Wildman–Crippen LogP) is 6.55. The SMILES string of the molecule is [2H]C([2H])(CO)O[C@H]1C[C@@H](n2nnc3c(N[C@]4([2H])C([2H])([2H])[C@@]4([2H])c4ccc(C)c(F)c4)nc(SCCC)nc32)[C@H](O)[C@@H]1O.[2H]C([2H])(O)C([2H])([2H])O[C@H]1C[C@@H](n2nnc3c(N[C@]4([2H])C([2H])([2H])[C@@]4([2H])c4ccc(C)c(F)c4)nc(SCCC)nc32)[C@H](O)[C@@H]1O.[2H]C([2H])(O)CO[C@H]1C[C@@H](n2nnc3c(N[C@]4([2H])C([2H])([2H])[C@@]4([2H])c4ccc(C)c(F)c4)nc(SCCC)nc32)[C@H](O)[C@@H]1O. The van der Waals surface area contributed by atoms with Crippen LogP contribution in [0.1, 0.15) is 175 Å². The Labute approximate surface area is 661 Å². The summed E-state index contributed by atoms with van der Waals surface area (Å²) in [6.45, 7) is -2.99. The third-order valence-electron chi connectivity index (χ3n) is 18.3. The number of halogens is 3. The Bertz CT molecular complexity index is 5650.